The zero-order valence-electron chi connectivity index (χ0n) is 13.7. The number of hydrogen-bond donors (Lipinski definition) is 2. The van der Waals surface area contributed by atoms with Crippen LogP contribution in [0.15, 0.2) is 48.5 Å². The second kappa shape index (κ2) is 6.55. The van der Waals surface area contributed by atoms with Crippen LogP contribution in [-0.2, 0) is 11.6 Å². The van der Waals surface area contributed by atoms with Crippen molar-refractivity contribution in [3.63, 3.8) is 0 Å². The monoisotopic (exact) mass is 336 g/mol. The molecule has 2 N–H and O–H groups in total. The minimum Gasteiger partial charge on any atom is -0.298 e. The molecule has 1 amide bonds. The van der Waals surface area contributed by atoms with Gasteiger partial charge in [-0.25, -0.2) is 0 Å². The van der Waals surface area contributed by atoms with E-state index < -0.39 is 17.6 Å². The van der Waals surface area contributed by atoms with Crippen LogP contribution in [0.4, 0.5) is 18.9 Å². The van der Waals surface area contributed by atoms with E-state index in [2.05, 4.69) is 31.6 Å². The van der Waals surface area contributed by atoms with E-state index in [1.165, 1.54) is 18.2 Å². The molecule has 2 rings (SSSR count). The number of amides is 1. The van der Waals surface area contributed by atoms with E-state index in [1.807, 2.05) is 12.1 Å². The number of benzene rings is 2. The molecule has 2 aromatic carbocycles. The van der Waals surface area contributed by atoms with Crippen LogP contribution in [0, 0.1) is 0 Å². The molecule has 0 unspecified atom stereocenters. The molecule has 3 nitrogen and oxygen atoms in total. The van der Waals surface area contributed by atoms with E-state index in [0.717, 1.165) is 11.6 Å². The summed E-state index contributed by atoms with van der Waals surface area (Å²) in [4.78, 5) is 12.1. The van der Waals surface area contributed by atoms with Crippen molar-refractivity contribution in [3.8, 4) is 0 Å². The Morgan fingerprint density at radius 2 is 1.50 bits per heavy atom. The summed E-state index contributed by atoms with van der Waals surface area (Å²) in [6.45, 7) is 6.16. The van der Waals surface area contributed by atoms with Crippen molar-refractivity contribution >= 4 is 11.6 Å². The summed E-state index contributed by atoms with van der Waals surface area (Å²) in [6.07, 6.45) is -4.50. The van der Waals surface area contributed by atoms with Crippen molar-refractivity contribution in [1.29, 1.82) is 0 Å². The molecular formula is C18H19F3N2O. The number of halogens is 3. The lowest BCUT2D eigenvalue weighted by atomic mass is 9.87. The van der Waals surface area contributed by atoms with Crippen LogP contribution < -0.4 is 10.9 Å². The third kappa shape index (κ3) is 4.28. The highest BCUT2D eigenvalue weighted by Crippen LogP contribution is 2.34. The zero-order chi connectivity index (χ0) is 18.0. The average molecular weight is 336 g/mol. The van der Waals surface area contributed by atoms with Gasteiger partial charge in [-0.3, -0.25) is 15.6 Å². The van der Waals surface area contributed by atoms with Crippen molar-refractivity contribution in [2.45, 2.75) is 32.4 Å². The standard InChI is InChI=1S/C18H19F3N2O/c1-17(2,3)13-10-8-12(9-11-13)16(24)23-22-15-7-5-4-6-14(15)18(19,20)21/h4-11,22H,1-3H3,(H,23,24). The van der Waals surface area contributed by atoms with E-state index >= 15 is 0 Å². The summed E-state index contributed by atoms with van der Waals surface area (Å²) in [7, 11) is 0. The Hall–Kier alpha value is -2.50. The van der Waals surface area contributed by atoms with Crippen molar-refractivity contribution in [2.75, 3.05) is 5.43 Å². The maximum Gasteiger partial charge on any atom is 0.418 e. The molecule has 2 aromatic rings. The minimum atomic E-state index is -4.50. The number of hydrogen-bond acceptors (Lipinski definition) is 2. The molecule has 6 heteroatoms. The second-order valence-electron chi connectivity index (χ2n) is 6.45. The van der Waals surface area contributed by atoms with E-state index in [-0.39, 0.29) is 11.1 Å². The first-order valence-electron chi connectivity index (χ1n) is 7.42. The molecule has 0 aromatic heterocycles. The first-order chi connectivity index (χ1) is 11.1. The Kier molecular flexibility index (Phi) is 4.87. The fourth-order valence-corrected chi connectivity index (χ4v) is 2.16. The van der Waals surface area contributed by atoms with Gasteiger partial charge >= 0.3 is 6.18 Å². The highest BCUT2D eigenvalue weighted by atomic mass is 19.4. The van der Waals surface area contributed by atoms with E-state index in [1.54, 1.807) is 12.1 Å². The quantitative estimate of drug-likeness (QED) is 0.794. The molecule has 0 aliphatic rings. The van der Waals surface area contributed by atoms with Gasteiger partial charge < -0.3 is 0 Å². The normalized spacial score (nSPS) is 11.9. The number of rotatable bonds is 3. The van der Waals surface area contributed by atoms with Gasteiger partial charge in [-0.15, -0.1) is 0 Å². The average Bonchev–Trinajstić information content (AvgIpc) is 2.51. The predicted molar refractivity (Wildman–Crippen MR) is 87.7 cm³/mol. The predicted octanol–water partition coefficient (Wildman–Crippen LogP) is 4.76. The lowest BCUT2D eigenvalue weighted by Gasteiger charge is -2.19. The largest absolute Gasteiger partial charge is 0.418 e. The van der Waals surface area contributed by atoms with Gasteiger partial charge in [-0.2, -0.15) is 13.2 Å². The zero-order valence-corrected chi connectivity index (χ0v) is 13.7. The molecule has 24 heavy (non-hydrogen) atoms. The number of anilines is 1. The fraction of sp³-hybridized carbons (Fsp3) is 0.278. The van der Waals surface area contributed by atoms with Crippen LogP contribution in [0.5, 0.6) is 0 Å². The van der Waals surface area contributed by atoms with Crippen LogP contribution >= 0.6 is 0 Å². The van der Waals surface area contributed by atoms with Crippen molar-refractivity contribution in [2.24, 2.45) is 0 Å². The summed E-state index contributed by atoms with van der Waals surface area (Å²) in [5.74, 6) is -0.507. The van der Waals surface area contributed by atoms with Crippen molar-refractivity contribution < 1.29 is 18.0 Å². The van der Waals surface area contributed by atoms with Gasteiger partial charge in [0.2, 0.25) is 0 Å². The van der Waals surface area contributed by atoms with Gasteiger partial charge in [0.25, 0.3) is 5.91 Å². The topological polar surface area (TPSA) is 41.1 Å². The highest BCUT2D eigenvalue weighted by Gasteiger charge is 2.33. The van der Waals surface area contributed by atoms with Crippen LogP contribution in [0.3, 0.4) is 0 Å². The first-order valence-corrected chi connectivity index (χ1v) is 7.42. The number of para-hydroxylation sites is 1. The second-order valence-corrected chi connectivity index (χ2v) is 6.45. The molecule has 0 bridgehead atoms. The third-order valence-corrected chi connectivity index (χ3v) is 3.56. The third-order valence-electron chi connectivity index (χ3n) is 3.56. The van der Waals surface area contributed by atoms with Gasteiger partial charge in [0.1, 0.15) is 0 Å². The lowest BCUT2D eigenvalue weighted by Crippen LogP contribution is -2.30. The molecule has 0 heterocycles. The summed E-state index contributed by atoms with van der Waals surface area (Å²) in [5.41, 5.74) is 4.98. The number of alkyl halides is 3. The molecule has 0 saturated carbocycles. The number of nitrogens with one attached hydrogen (secondary N) is 2. The van der Waals surface area contributed by atoms with Gasteiger partial charge in [-0.05, 0) is 35.2 Å². The molecule has 0 spiro atoms. The Balaban J connectivity index is 2.09. The highest BCUT2D eigenvalue weighted by molar-refractivity contribution is 5.95. The van der Waals surface area contributed by atoms with Crippen LogP contribution in [0.25, 0.3) is 0 Å². The Morgan fingerprint density at radius 3 is 2.04 bits per heavy atom. The Morgan fingerprint density at radius 1 is 0.917 bits per heavy atom. The van der Waals surface area contributed by atoms with Gasteiger partial charge in [0.05, 0.1) is 11.3 Å². The van der Waals surface area contributed by atoms with Crippen LogP contribution in [-0.4, -0.2) is 5.91 Å². The van der Waals surface area contributed by atoms with Crippen LogP contribution in [0.1, 0.15) is 42.3 Å². The Labute approximate surface area is 138 Å². The molecule has 0 radical (unpaired) electrons. The fourth-order valence-electron chi connectivity index (χ4n) is 2.16. The lowest BCUT2D eigenvalue weighted by molar-refractivity contribution is -0.137. The maximum atomic E-state index is 12.9. The van der Waals surface area contributed by atoms with Crippen LogP contribution in [0.2, 0.25) is 0 Å². The van der Waals surface area contributed by atoms with Gasteiger partial charge in [-0.1, -0.05) is 45.0 Å². The molecule has 0 fully saturated rings. The smallest absolute Gasteiger partial charge is 0.298 e. The van der Waals surface area contributed by atoms with E-state index in [9.17, 15) is 18.0 Å². The van der Waals surface area contributed by atoms with Gasteiger partial charge in [0, 0.05) is 5.56 Å². The summed E-state index contributed by atoms with van der Waals surface area (Å²) >= 11 is 0. The van der Waals surface area contributed by atoms with Crippen molar-refractivity contribution in [3.05, 3.63) is 65.2 Å². The maximum absolute atomic E-state index is 12.9. The summed E-state index contributed by atoms with van der Waals surface area (Å²) < 4.78 is 38.7. The molecular weight excluding hydrogens is 317 g/mol. The summed E-state index contributed by atoms with van der Waals surface area (Å²) in [6, 6.07) is 11.9. The van der Waals surface area contributed by atoms with Crippen molar-refractivity contribution in [1.82, 2.24) is 5.43 Å². The molecule has 0 atom stereocenters. The SMILES string of the molecule is CC(C)(C)c1ccc(C(=O)NNc2ccccc2C(F)(F)F)cc1. The number of hydrazine groups is 1. The van der Waals surface area contributed by atoms with E-state index in [4.69, 9.17) is 0 Å². The Bertz CT molecular complexity index is 716. The molecule has 0 aliphatic carbocycles. The molecule has 0 saturated heterocycles. The summed E-state index contributed by atoms with van der Waals surface area (Å²) in [5, 5.41) is 0. The first kappa shape index (κ1) is 17.8. The minimum absolute atomic E-state index is 0.0428. The van der Waals surface area contributed by atoms with E-state index in [0.29, 0.717) is 5.56 Å². The van der Waals surface area contributed by atoms with Gasteiger partial charge in [0.15, 0.2) is 0 Å². The molecule has 0 aliphatic heterocycles. The number of carbonyl (C=O) groups excluding carboxylic acids is 1. The molecule has 128 valence electrons. The number of carbonyl (C=O) groups is 1.